The monoisotopic (exact) mass is 275 g/mol. The molecule has 1 aromatic carbocycles. The Balaban J connectivity index is 1.62. The van der Waals surface area contributed by atoms with E-state index in [1.54, 1.807) is 6.07 Å². The molecular formula is C14H14ClN3O. The zero-order chi connectivity index (χ0) is 13.2. The van der Waals surface area contributed by atoms with Crippen molar-refractivity contribution in [1.82, 2.24) is 9.97 Å². The van der Waals surface area contributed by atoms with Gasteiger partial charge < -0.3 is 10.1 Å². The van der Waals surface area contributed by atoms with E-state index < -0.39 is 0 Å². The van der Waals surface area contributed by atoms with Crippen LogP contribution < -0.4 is 10.1 Å². The Kier molecular flexibility index (Phi) is 3.25. The largest absolute Gasteiger partial charge is 0.488 e. The first-order valence-electron chi connectivity index (χ1n) is 6.20. The van der Waals surface area contributed by atoms with Crippen molar-refractivity contribution < 1.29 is 4.74 Å². The number of hydrogen-bond acceptors (Lipinski definition) is 4. The first-order chi connectivity index (χ1) is 9.20. The van der Waals surface area contributed by atoms with Crippen LogP contribution in [0.15, 0.2) is 30.3 Å². The molecule has 5 heteroatoms. The number of aryl methyl sites for hydroxylation is 1. The summed E-state index contributed by atoms with van der Waals surface area (Å²) in [5.41, 5.74) is 1.26. The molecule has 2 aromatic rings. The number of para-hydroxylation sites is 1. The van der Waals surface area contributed by atoms with Crippen molar-refractivity contribution in [3.63, 3.8) is 0 Å². The zero-order valence-electron chi connectivity index (χ0n) is 10.6. The minimum absolute atomic E-state index is 0.131. The maximum atomic E-state index is 5.90. The molecule has 1 aliphatic rings. The van der Waals surface area contributed by atoms with E-state index in [2.05, 4.69) is 21.4 Å². The summed E-state index contributed by atoms with van der Waals surface area (Å²) < 4.78 is 5.85. The summed E-state index contributed by atoms with van der Waals surface area (Å²) in [4.78, 5) is 8.31. The van der Waals surface area contributed by atoms with E-state index in [1.165, 1.54) is 5.56 Å². The molecular weight excluding hydrogens is 262 g/mol. The van der Waals surface area contributed by atoms with Crippen molar-refractivity contribution in [3.05, 3.63) is 46.9 Å². The Morgan fingerprint density at radius 2 is 2.21 bits per heavy atom. The SMILES string of the molecule is Cc1nc(Cl)cc(NCC2Cc3ccccc3O2)n1. The normalized spacial score (nSPS) is 16.8. The van der Waals surface area contributed by atoms with Crippen molar-refractivity contribution in [2.45, 2.75) is 19.4 Å². The van der Waals surface area contributed by atoms with Crippen LogP contribution >= 0.6 is 11.6 Å². The topological polar surface area (TPSA) is 47.0 Å². The van der Waals surface area contributed by atoms with Crippen LogP contribution in [-0.4, -0.2) is 22.6 Å². The second-order valence-electron chi connectivity index (χ2n) is 4.56. The summed E-state index contributed by atoms with van der Waals surface area (Å²) in [6.07, 6.45) is 1.05. The van der Waals surface area contributed by atoms with Gasteiger partial charge in [-0.2, -0.15) is 0 Å². The van der Waals surface area contributed by atoms with E-state index in [4.69, 9.17) is 16.3 Å². The summed E-state index contributed by atoms with van der Waals surface area (Å²) in [5.74, 6) is 2.37. The summed E-state index contributed by atoms with van der Waals surface area (Å²) in [6, 6.07) is 9.84. The van der Waals surface area contributed by atoms with Gasteiger partial charge in [0.15, 0.2) is 0 Å². The van der Waals surface area contributed by atoms with Crippen molar-refractivity contribution >= 4 is 17.4 Å². The second-order valence-corrected chi connectivity index (χ2v) is 4.94. The molecule has 0 aliphatic carbocycles. The number of aromatic nitrogens is 2. The maximum absolute atomic E-state index is 5.90. The lowest BCUT2D eigenvalue weighted by atomic mass is 10.1. The van der Waals surface area contributed by atoms with Gasteiger partial charge in [0.1, 0.15) is 28.6 Å². The number of hydrogen-bond donors (Lipinski definition) is 1. The van der Waals surface area contributed by atoms with Gasteiger partial charge in [-0.3, -0.25) is 0 Å². The highest BCUT2D eigenvalue weighted by atomic mass is 35.5. The highest BCUT2D eigenvalue weighted by Crippen LogP contribution is 2.28. The summed E-state index contributed by atoms with van der Waals surface area (Å²) in [6.45, 7) is 2.51. The summed E-state index contributed by atoms with van der Waals surface area (Å²) in [7, 11) is 0. The van der Waals surface area contributed by atoms with Gasteiger partial charge >= 0.3 is 0 Å². The zero-order valence-corrected chi connectivity index (χ0v) is 11.3. The van der Waals surface area contributed by atoms with Crippen molar-refractivity contribution in [3.8, 4) is 5.75 Å². The molecule has 1 atom stereocenters. The van der Waals surface area contributed by atoms with Crippen LogP contribution in [0.4, 0.5) is 5.82 Å². The third kappa shape index (κ3) is 2.79. The smallest absolute Gasteiger partial charge is 0.134 e. The van der Waals surface area contributed by atoms with Gasteiger partial charge in [-0.1, -0.05) is 29.8 Å². The molecule has 0 bridgehead atoms. The number of fused-ring (bicyclic) bond motifs is 1. The molecule has 0 amide bonds. The van der Waals surface area contributed by atoms with Crippen LogP contribution in [-0.2, 0) is 6.42 Å². The Labute approximate surface area is 116 Å². The third-order valence-electron chi connectivity index (χ3n) is 3.03. The Bertz CT molecular complexity index is 558. The van der Waals surface area contributed by atoms with Crippen LogP contribution in [0.25, 0.3) is 0 Å². The van der Waals surface area contributed by atoms with Gasteiger partial charge in [0.25, 0.3) is 0 Å². The third-order valence-corrected chi connectivity index (χ3v) is 3.22. The summed E-state index contributed by atoms with van der Waals surface area (Å²) >= 11 is 5.90. The standard InChI is InChI=1S/C14H14ClN3O/c1-9-17-13(15)7-14(18-9)16-8-11-6-10-4-2-3-5-12(10)19-11/h2-5,7,11H,6,8H2,1H3,(H,16,17,18). The van der Waals surface area contributed by atoms with Gasteiger partial charge in [-0.15, -0.1) is 0 Å². The predicted octanol–water partition coefficient (Wildman–Crippen LogP) is 2.85. The van der Waals surface area contributed by atoms with Crippen molar-refractivity contribution in [1.29, 1.82) is 0 Å². The Morgan fingerprint density at radius 3 is 3.00 bits per heavy atom. The number of rotatable bonds is 3. The number of anilines is 1. The highest BCUT2D eigenvalue weighted by Gasteiger charge is 2.21. The van der Waals surface area contributed by atoms with Gasteiger partial charge in [0.05, 0.1) is 6.54 Å². The molecule has 1 N–H and O–H groups in total. The Morgan fingerprint density at radius 1 is 1.37 bits per heavy atom. The number of benzene rings is 1. The molecule has 4 nitrogen and oxygen atoms in total. The van der Waals surface area contributed by atoms with E-state index in [0.717, 1.165) is 18.0 Å². The average molecular weight is 276 g/mol. The molecule has 19 heavy (non-hydrogen) atoms. The molecule has 3 rings (SSSR count). The molecule has 0 fully saturated rings. The molecule has 1 unspecified atom stereocenters. The second kappa shape index (κ2) is 5.05. The molecule has 98 valence electrons. The first-order valence-corrected chi connectivity index (χ1v) is 6.58. The van der Waals surface area contributed by atoms with Gasteiger partial charge in [0.2, 0.25) is 0 Å². The molecule has 0 saturated heterocycles. The number of nitrogens with zero attached hydrogens (tertiary/aromatic N) is 2. The van der Waals surface area contributed by atoms with Crippen LogP contribution in [0, 0.1) is 6.92 Å². The molecule has 1 aliphatic heterocycles. The van der Waals surface area contributed by atoms with Crippen LogP contribution in [0.3, 0.4) is 0 Å². The van der Waals surface area contributed by atoms with Gasteiger partial charge in [-0.25, -0.2) is 9.97 Å². The van der Waals surface area contributed by atoms with Gasteiger partial charge in [0, 0.05) is 12.5 Å². The van der Waals surface area contributed by atoms with Crippen molar-refractivity contribution in [2.24, 2.45) is 0 Å². The molecule has 0 saturated carbocycles. The lowest BCUT2D eigenvalue weighted by Crippen LogP contribution is -2.24. The quantitative estimate of drug-likeness (QED) is 0.875. The fourth-order valence-electron chi connectivity index (χ4n) is 2.21. The van der Waals surface area contributed by atoms with E-state index in [1.807, 2.05) is 25.1 Å². The van der Waals surface area contributed by atoms with Crippen molar-refractivity contribution in [2.75, 3.05) is 11.9 Å². The lowest BCUT2D eigenvalue weighted by Gasteiger charge is -2.12. The first kappa shape index (κ1) is 12.2. The van der Waals surface area contributed by atoms with E-state index in [9.17, 15) is 0 Å². The molecule has 2 heterocycles. The average Bonchev–Trinajstić information content (AvgIpc) is 2.78. The van der Waals surface area contributed by atoms with Gasteiger partial charge in [-0.05, 0) is 18.6 Å². The molecule has 0 radical (unpaired) electrons. The summed E-state index contributed by atoms with van der Waals surface area (Å²) in [5, 5.41) is 3.69. The maximum Gasteiger partial charge on any atom is 0.134 e. The Hall–Kier alpha value is -1.81. The van der Waals surface area contributed by atoms with Crippen LogP contribution in [0.5, 0.6) is 5.75 Å². The van der Waals surface area contributed by atoms with Crippen LogP contribution in [0.1, 0.15) is 11.4 Å². The predicted molar refractivity (Wildman–Crippen MR) is 74.8 cm³/mol. The highest BCUT2D eigenvalue weighted by molar-refractivity contribution is 6.29. The van der Waals surface area contributed by atoms with E-state index in [0.29, 0.717) is 17.5 Å². The van der Waals surface area contributed by atoms with Crippen LogP contribution in [0.2, 0.25) is 5.15 Å². The number of ether oxygens (including phenoxy) is 1. The fraction of sp³-hybridized carbons (Fsp3) is 0.286. The van der Waals surface area contributed by atoms with E-state index in [-0.39, 0.29) is 6.10 Å². The van der Waals surface area contributed by atoms with E-state index >= 15 is 0 Å². The minimum atomic E-state index is 0.131. The number of nitrogens with one attached hydrogen (secondary N) is 1. The lowest BCUT2D eigenvalue weighted by molar-refractivity contribution is 0.246. The number of halogens is 1. The fourth-order valence-corrected chi connectivity index (χ4v) is 2.43. The minimum Gasteiger partial charge on any atom is -0.488 e. The molecule has 1 aromatic heterocycles. The molecule has 0 spiro atoms.